The summed E-state index contributed by atoms with van der Waals surface area (Å²) in [6.07, 6.45) is 0. The highest BCUT2D eigenvalue weighted by Crippen LogP contribution is 2.19. The van der Waals surface area contributed by atoms with E-state index in [1.165, 1.54) is 0 Å². The first kappa shape index (κ1) is 8.91. The zero-order valence-electron chi connectivity index (χ0n) is 6.92. The SMILES string of the molecule is Sc1ccc(Cl)cc1C1=NCCN1. The number of nitrogens with one attached hydrogen (secondary N) is 1. The summed E-state index contributed by atoms with van der Waals surface area (Å²) in [5, 5.41) is 3.90. The second-order valence-electron chi connectivity index (χ2n) is 2.82. The van der Waals surface area contributed by atoms with Gasteiger partial charge in [-0.2, -0.15) is 0 Å². The normalized spacial score (nSPS) is 15.4. The second-order valence-corrected chi connectivity index (χ2v) is 3.74. The van der Waals surface area contributed by atoms with Gasteiger partial charge in [-0.3, -0.25) is 4.99 Å². The third-order valence-electron chi connectivity index (χ3n) is 1.89. The Labute approximate surface area is 87.4 Å². The van der Waals surface area contributed by atoms with Crippen molar-refractivity contribution < 1.29 is 0 Å². The molecule has 2 rings (SSSR count). The smallest absolute Gasteiger partial charge is 0.129 e. The number of rotatable bonds is 1. The highest BCUT2D eigenvalue weighted by molar-refractivity contribution is 7.80. The Hall–Kier alpha value is -0.670. The average molecular weight is 213 g/mol. The molecular formula is C9H9ClN2S. The molecule has 0 unspecified atom stereocenters. The third-order valence-corrected chi connectivity index (χ3v) is 2.51. The van der Waals surface area contributed by atoms with Crippen LogP contribution in [0.4, 0.5) is 0 Å². The van der Waals surface area contributed by atoms with E-state index in [4.69, 9.17) is 11.6 Å². The summed E-state index contributed by atoms with van der Waals surface area (Å²) in [5.41, 5.74) is 0.980. The van der Waals surface area contributed by atoms with Crippen LogP contribution in [-0.4, -0.2) is 18.9 Å². The molecular weight excluding hydrogens is 204 g/mol. The van der Waals surface area contributed by atoms with Gasteiger partial charge >= 0.3 is 0 Å². The van der Waals surface area contributed by atoms with Gasteiger partial charge in [-0.25, -0.2) is 0 Å². The molecule has 0 bridgehead atoms. The lowest BCUT2D eigenvalue weighted by molar-refractivity contribution is 0.959. The Morgan fingerprint density at radius 3 is 3.00 bits per heavy atom. The Bertz CT molecular complexity index is 363. The molecule has 1 aliphatic heterocycles. The van der Waals surface area contributed by atoms with Crippen molar-refractivity contribution in [3.05, 3.63) is 28.8 Å². The monoisotopic (exact) mass is 212 g/mol. The summed E-state index contributed by atoms with van der Waals surface area (Å²) in [5.74, 6) is 0.896. The molecule has 0 radical (unpaired) electrons. The molecule has 1 aliphatic rings. The Kier molecular flexibility index (Phi) is 2.47. The van der Waals surface area contributed by atoms with Crippen LogP contribution < -0.4 is 5.32 Å². The fourth-order valence-electron chi connectivity index (χ4n) is 1.28. The van der Waals surface area contributed by atoms with Crippen molar-refractivity contribution >= 4 is 30.1 Å². The number of nitrogens with zero attached hydrogens (tertiary/aromatic N) is 1. The number of hydrogen-bond acceptors (Lipinski definition) is 3. The van der Waals surface area contributed by atoms with E-state index in [0.717, 1.165) is 29.4 Å². The molecule has 1 aromatic rings. The van der Waals surface area contributed by atoms with E-state index in [9.17, 15) is 0 Å². The maximum Gasteiger partial charge on any atom is 0.129 e. The van der Waals surface area contributed by atoms with Crippen LogP contribution in [0.5, 0.6) is 0 Å². The van der Waals surface area contributed by atoms with Crippen molar-refractivity contribution in [3.8, 4) is 0 Å². The summed E-state index contributed by atoms with van der Waals surface area (Å²) < 4.78 is 0. The van der Waals surface area contributed by atoms with E-state index in [1.54, 1.807) is 0 Å². The van der Waals surface area contributed by atoms with Crippen LogP contribution >= 0.6 is 24.2 Å². The number of benzene rings is 1. The van der Waals surface area contributed by atoms with Gasteiger partial charge in [0.25, 0.3) is 0 Å². The van der Waals surface area contributed by atoms with E-state index in [1.807, 2.05) is 18.2 Å². The number of halogens is 1. The first-order valence-corrected chi connectivity index (χ1v) is 4.87. The molecule has 0 aromatic heterocycles. The van der Waals surface area contributed by atoms with Gasteiger partial charge < -0.3 is 5.32 Å². The van der Waals surface area contributed by atoms with Gasteiger partial charge in [0, 0.05) is 22.0 Å². The lowest BCUT2D eigenvalue weighted by atomic mass is 10.2. The standard InChI is InChI=1S/C9H9ClN2S/c10-6-1-2-8(13)7(5-6)9-11-3-4-12-9/h1-2,5,13H,3-4H2,(H,11,12). The zero-order valence-corrected chi connectivity index (χ0v) is 8.57. The number of aliphatic imine (C=N–C) groups is 1. The fourth-order valence-corrected chi connectivity index (χ4v) is 1.69. The minimum absolute atomic E-state index is 0.712. The zero-order chi connectivity index (χ0) is 9.26. The predicted octanol–water partition coefficient (Wildman–Crippen LogP) is 1.98. The van der Waals surface area contributed by atoms with Crippen LogP contribution in [0.1, 0.15) is 5.56 Å². The number of thiol groups is 1. The molecule has 0 aliphatic carbocycles. The van der Waals surface area contributed by atoms with Crippen LogP contribution in [-0.2, 0) is 0 Å². The molecule has 0 fully saturated rings. The summed E-state index contributed by atoms with van der Waals surface area (Å²) in [6, 6.07) is 5.58. The molecule has 4 heteroatoms. The minimum atomic E-state index is 0.712. The molecule has 1 N–H and O–H groups in total. The molecule has 0 saturated carbocycles. The van der Waals surface area contributed by atoms with Crippen molar-refractivity contribution in [2.75, 3.05) is 13.1 Å². The third kappa shape index (κ3) is 1.81. The quantitative estimate of drug-likeness (QED) is 0.684. The van der Waals surface area contributed by atoms with E-state index in [2.05, 4.69) is 22.9 Å². The summed E-state index contributed by atoms with van der Waals surface area (Å²) in [4.78, 5) is 5.21. The summed E-state index contributed by atoms with van der Waals surface area (Å²) in [7, 11) is 0. The van der Waals surface area contributed by atoms with Crippen LogP contribution in [0.15, 0.2) is 28.1 Å². The molecule has 0 saturated heterocycles. The fraction of sp³-hybridized carbons (Fsp3) is 0.222. The topological polar surface area (TPSA) is 24.4 Å². The molecule has 0 amide bonds. The molecule has 13 heavy (non-hydrogen) atoms. The molecule has 0 spiro atoms. The van der Waals surface area contributed by atoms with Crippen LogP contribution in [0, 0.1) is 0 Å². The molecule has 1 aromatic carbocycles. The second kappa shape index (κ2) is 3.60. The lowest BCUT2D eigenvalue weighted by Gasteiger charge is -2.05. The highest BCUT2D eigenvalue weighted by atomic mass is 35.5. The van der Waals surface area contributed by atoms with Crippen molar-refractivity contribution in [1.29, 1.82) is 0 Å². The van der Waals surface area contributed by atoms with Gasteiger partial charge in [0.15, 0.2) is 0 Å². The van der Waals surface area contributed by atoms with Crippen LogP contribution in [0.25, 0.3) is 0 Å². The molecule has 68 valence electrons. The molecule has 2 nitrogen and oxygen atoms in total. The summed E-state index contributed by atoms with van der Waals surface area (Å²) >= 11 is 10.2. The maximum absolute atomic E-state index is 5.88. The van der Waals surface area contributed by atoms with E-state index in [0.29, 0.717) is 5.02 Å². The van der Waals surface area contributed by atoms with Gasteiger partial charge in [-0.05, 0) is 18.2 Å². The number of amidine groups is 1. The van der Waals surface area contributed by atoms with Crippen molar-refractivity contribution in [2.24, 2.45) is 4.99 Å². The van der Waals surface area contributed by atoms with Crippen LogP contribution in [0.3, 0.4) is 0 Å². The first-order valence-electron chi connectivity index (χ1n) is 4.04. The summed E-state index contributed by atoms with van der Waals surface area (Å²) in [6.45, 7) is 1.73. The van der Waals surface area contributed by atoms with Gasteiger partial charge in [-0.15, -0.1) is 12.6 Å². The van der Waals surface area contributed by atoms with Gasteiger partial charge in [-0.1, -0.05) is 11.6 Å². The largest absolute Gasteiger partial charge is 0.368 e. The Balaban J connectivity index is 2.43. The van der Waals surface area contributed by atoms with E-state index >= 15 is 0 Å². The highest BCUT2D eigenvalue weighted by Gasteiger charge is 2.10. The lowest BCUT2D eigenvalue weighted by Crippen LogP contribution is -2.19. The maximum atomic E-state index is 5.88. The molecule has 1 heterocycles. The Morgan fingerprint density at radius 2 is 2.31 bits per heavy atom. The predicted molar refractivity (Wildman–Crippen MR) is 58.1 cm³/mol. The minimum Gasteiger partial charge on any atom is -0.368 e. The van der Waals surface area contributed by atoms with Gasteiger partial charge in [0.1, 0.15) is 5.84 Å². The van der Waals surface area contributed by atoms with E-state index in [-0.39, 0.29) is 0 Å². The van der Waals surface area contributed by atoms with Gasteiger partial charge in [0.05, 0.1) is 6.54 Å². The van der Waals surface area contributed by atoms with Crippen molar-refractivity contribution in [2.45, 2.75) is 4.90 Å². The van der Waals surface area contributed by atoms with E-state index < -0.39 is 0 Å². The van der Waals surface area contributed by atoms with Crippen molar-refractivity contribution in [3.63, 3.8) is 0 Å². The van der Waals surface area contributed by atoms with Crippen molar-refractivity contribution in [1.82, 2.24) is 5.32 Å². The van der Waals surface area contributed by atoms with Gasteiger partial charge in [0.2, 0.25) is 0 Å². The number of hydrogen-bond donors (Lipinski definition) is 2. The average Bonchev–Trinajstić information content (AvgIpc) is 2.61. The first-order chi connectivity index (χ1) is 6.27. The van der Waals surface area contributed by atoms with Crippen LogP contribution in [0.2, 0.25) is 5.02 Å². The molecule has 0 atom stereocenters. The Morgan fingerprint density at radius 1 is 1.46 bits per heavy atom.